The Kier molecular flexibility index (Phi) is 5.09. The Morgan fingerprint density at radius 1 is 0.739 bits per heavy atom. The topological polar surface area (TPSA) is 63.2 Å². The zero-order valence-corrected chi connectivity index (χ0v) is 10.5. The van der Waals surface area contributed by atoms with E-state index in [2.05, 4.69) is 0 Å². The lowest BCUT2D eigenvalue weighted by Gasteiger charge is -2.35. The van der Waals surface area contributed by atoms with E-state index in [1.54, 1.807) is 0 Å². The molecular weight excluding hydrogens is 394 g/mol. The first-order valence-electron chi connectivity index (χ1n) is 4.46. The average molecular weight is 395 g/mol. The Bertz CT molecular complexity index is 578. The van der Waals surface area contributed by atoms with E-state index < -0.39 is 49.9 Å². The normalized spacial score (nSPS) is 15.7. The van der Waals surface area contributed by atoms with E-state index in [-0.39, 0.29) is 0 Å². The van der Waals surface area contributed by atoms with Gasteiger partial charge in [-0.15, -0.1) is 4.48 Å². The van der Waals surface area contributed by atoms with E-state index >= 15 is 0 Å². The molecule has 0 saturated heterocycles. The highest BCUT2D eigenvalue weighted by Crippen LogP contribution is 2.55. The maximum atomic E-state index is 12.8. The van der Waals surface area contributed by atoms with Gasteiger partial charge in [-0.05, 0) is 4.94 Å². The van der Waals surface area contributed by atoms with Crippen LogP contribution in [0.3, 0.4) is 0 Å². The third-order valence-corrected chi connectivity index (χ3v) is 3.27. The lowest BCUT2D eigenvalue weighted by Crippen LogP contribution is -2.68. The number of ketones is 1. The molecule has 0 atom stereocenters. The number of halogens is 12. The molecule has 0 aromatic heterocycles. The first-order valence-corrected chi connectivity index (χ1v) is 5.95. The molecule has 1 N–H and O–H groups in total. The fourth-order valence-corrected chi connectivity index (χ4v) is 1.48. The third-order valence-electron chi connectivity index (χ3n) is 2.14. The van der Waals surface area contributed by atoms with Gasteiger partial charge in [-0.3, -0.25) is 4.79 Å². The quantitative estimate of drug-likeness (QED) is 0.555. The summed E-state index contributed by atoms with van der Waals surface area (Å²) in [6, 6.07) is 0. The zero-order chi connectivity index (χ0) is 19.3. The second-order valence-electron chi connectivity index (χ2n) is 3.65. The lowest BCUT2D eigenvalue weighted by atomic mass is 10.0. The number of hydrogen-bond acceptors (Lipinski definition) is 3. The highest BCUT2D eigenvalue weighted by Gasteiger charge is 2.87. The van der Waals surface area contributed by atoms with Crippen molar-refractivity contribution in [2.24, 2.45) is 0 Å². The van der Waals surface area contributed by atoms with Gasteiger partial charge in [-0.25, -0.2) is 8.42 Å². The average Bonchev–Trinajstić information content (AvgIpc) is 2.35. The molecule has 0 radical (unpaired) electrons. The number of carbonyl (C=O) groups is 1. The predicted octanol–water partition coefficient (Wildman–Crippen LogP) is 2.42. The molecule has 0 saturated carbocycles. The number of carbonyl (C=O) groups excluding carboxylic acids is 1. The van der Waals surface area contributed by atoms with Crippen LogP contribution < -0.4 is 4.94 Å². The lowest BCUT2D eigenvalue weighted by molar-refractivity contribution is -0.342. The van der Waals surface area contributed by atoms with E-state index in [1.807, 2.05) is 0 Å². The van der Waals surface area contributed by atoms with E-state index in [0.29, 0.717) is 0 Å². The molecule has 0 fully saturated rings. The van der Waals surface area contributed by atoms with Crippen molar-refractivity contribution in [3.05, 3.63) is 0 Å². The fraction of sp³-hybridized carbons (Fsp3) is 0.833. The van der Waals surface area contributed by atoms with E-state index in [1.165, 1.54) is 0 Å². The van der Waals surface area contributed by atoms with Crippen molar-refractivity contribution in [2.75, 3.05) is 0 Å². The summed E-state index contributed by atoms with van der Waals surface area (Å²) in [7, 11) is -7.37. The minimum absolute atomic E-state index is 1.07. The Balaban J connectivity index is 6.35. The predicted molar refractivity (Wildman–Crippen MR) is 44.0 cm³/mol. The molecule has 0 rings (SSSR count). The molecule has 138 valence electrons. The van der Waals surface area contributed by atoms with E-state index in [4.69, 9.17) is 0 Å². The molecule has 23 heavy (non-hydrogen) atoms. The summed E-state index contributed by atoms with van der Waals surface area (Å²) >= 11 is 0. The van der Waals surface area contributed by atoms with Crippen LogP contribution in [-0.2, 0) is 14.8 Å². The van der Waals surface area contributed by atoms with Gasteiger partial charge < -0.3 is 0 Å². The van der Waals surface area contributed by atoms with Gasteiger partial charge in [0.15, 0.2) is 0 Å². The Hall–Kier alpha value is -1.26. The third kappa shape index (κ3) is 2.94. The number of Topliss-reactive ketones (excluding diaryl/α,β-unsaturated/α-hetero) is 1. The van der Waals surface area contributed by atoms with Crippen LogP contribution in [0.1, 0.15) is 0 Å². The molecule has 0 spiro atoms. The number of alkyl halides is 11. The summed E-state index contributed by atoms with van der Waals surface area (Å²) in [5.41, 5.74) is 0. The van der Waals surface area contributed by atoms with Crippen molar-refractivity contribution in [1.29, 1.82) is 0 Å². The molecule has 0 aliphatic rings. The van der Waals surface area contributed by atoms with Crippen LogP contribution in [0, 0.1) is 0 Å². The Labute approximate surface area is 117 Å². The van der Waals surface area contributed by atoms with Crippen LogP contribution in [0.2, 0.25) is 0 Å². The summed E-state index contributed by atoms with van der Waals surface area (Å²) in [5, 5.41) is -7.35. The van der Waals surface area contributed by atoms with Crippen LogP contribution in [0.15, 0.2) is 0 Å². The maximum Gasteiger partial charge on any atom is 0.456 e. The maximum absolute atomic E-state index is 12.8. The molecule has 0 aromatic rings. The van der Waals surface area contributed by atoms with Crippen LogP contribution in [0.4, 0.5) is 52.8 Å². The number of nitrogens with one attached hydrogen (secondary N) is 1. The van der Waals surface area contributed by atoms with Gasteiger partial charge in [0.05, 0.1) is 0 Å². The first-order chi connectivity index (χ1) is 9.72. The van der Waals surface area contributed by atoms with Crippen LogP contribution >= 0.6 is 0 Å². The van der Waals surface area contributed by atoms with Crippen molar-refractivity contribution in [2.45, 2.75) is 29.2 Å². The highest BCUT2D eigenvalue weighted by atomic mass is 32.2. The Morgan fingerprint density at radius 3 is 1.35 bits per heavy atom. The monoisotopic (exact) mass is 395 g/mol. The van der Waals surface area contributed by atoms with Gasteiger partial charge in [0.1, 0.15) is 0 Å². The van der Waals surface area contributed by atoms with Gasteiger partial charge in [-0.2, -0.15) is 48.3 Å². The molecule has 0 amide bonds. The van der Waals surface area contributed by atoms with Crippen molar-refractivity contribution in [3.63, 3.8) is 0 Å². The standard InChI is InChI=1S/C6HF12NO3S/c7-2(8,1(20)3(9,10)11)4(12,13)5(14,15)6(16,17)23(21,22)19-18/h19H. The summed E-state index contributed by atoms with van der Waals surface area (Å²) in [4.78, 5) is 8.98. The van der Waals surface area contributed by atoms with Crippen LogP contribution in [-0.4, -0.2) is 43.4 Å². The largest absolute Gasteiger partial charge is 0.456 e. The molecular formula is C6HF12NO3S. The molecule has 0 aromatic carbocycles. The molecule has 0 bridgehead atoms. The number of rotatable bonds is 6. The van der Waals surface area contributed by atoms with Crippen molar-refractivity contribution in [3.8, 4) is 0 Å². The summed E-state index contributed by atoms with van der Waals surface area (Å²) < 4.78 is 169. The fourth-order valence-electron chi connectivity index (χ4n) is 0.918. The summed E-state index contributed by atoms with van der Waals surface area (Å²) in [6.45, 7) is 0. The second-order valence-corrected chi connectivity index (χ2v) is 5.32. The first kappa shape index (κ1) is 21.7. The minimum atomic E-state index is -7.86. The van der Waals surface area contributed by atoms with E-state index in [0.717, 1.165) is 0 Å². The number of sulfonamides is 1. The number of hydrogen-bond donors (Lipinski definition) is 1. The molecule has 0 unspecified atom stereocenters. The van der Waals surface area contributed by atoms with Crippen molar-refractivity contribution >= 4 is 15.8 Å². The van der Waals surface area contributed by atoms with Gasteiger partial charge >= 0.3 is 45.0 Å². The van der Waals surface area contributed by atoms with Crippen molar-refractivity contribution < 1.29 is 66.0 Å². The smallest absolute Gasteiger partial charge is 0.282 e. The molecule has 17 heteroatoms. The van der Waals surface area contributed by atoms with Gasteiger partial charge in [0.2, 0.25) is 0 Å². The molecule has 0 heterocycles. The Morgan fingerprint density at radius 2 is 1.09 bits per heavy atom. The molecule has 0 aliphatic heterocycles. The van der Waals surface area contributed by atoms with Gasteiger partial charge in [0, 0.05) is 0 Å². The van der Waals surface area contributed by atoms with Gasteiger partial charge in [0.25, 0.3) is 0 Å². The van der Waals surface area contributed by atoms with Gasteiger partial charge in [-0.1, -0.05) is 0 Å². The minimum Gasteiger partial charge on any atom is -0.282 e. The van der Waals surface area contributed by atoms with Crippen molar-refractivity contribution in [1.82, 2.24) is 4.94 Å². The molecule has 4 nitrogen and oxygen atoms in total. The molecule has 0 aliphatic carbocycles. The SMILES string of the molecule is O=C(C(F)(F)F)C(F)(F)C(F)(F)C(F)(F)C(F)(F)S(=O)(=O)NF. The second kappa shape index (κ2) is 5.38. The van der Waals surface area contributed by atoms with Crippen LogP contribution in [0.5, 0.6) is 0 Å². The van der Waals surface area contributed by atoms with E-state index in [9.17, 15) is 66.0 Å². The summed E-state index contributed by atoms with van der Waals surface area (Å²) in [6.07, 6.45) is -6.87. The zero-order valence-electron chi connectivity index (χ0n) is 9.67. The van der Waals surface area contributed by atoms with Crippen LogP contribution in [0.25, 0.3) is 0 Å². The highest BCUT2D eigenvalue weighted by molar-refractivity contribution is 7.90. The summed E-state index contributed by atoms with van der Waals surface area (Å²) in [5.74, 6) is -28.0.